The van der Waals surface area contributed by atoms with Crippen LogP contribution in [0.1, 0.15) is 62.0 Å². The summed E-state index contributed by atoms with van der Waals surface area (Å²) in [7, 11) is 1.62. The number of anilines is 1. The number of nitrogen functional groups attached to an aromatic ring is 1. The summed E-state index contributed by atoms with van der Waals surface area (Å²) in [6, 6.07) is 9.96. The number of methoxy groups -OCH3 is 1. The van der Waals surface area contributed by atoms with Gasteiger partial charge in [0.25, 0.3) is 0 Å². The van der Waals surface area contributed by atoms with Gasteiger partial charge in [0, 0.05) is 34.7 Å². The Morgan fingerprint density at radius 3 is 2.61 bits per heavy atom. The van der Waals surface area contributed by atoms with Gasteiger partial charge in [-0.05, 0) is 56.9 Å². The van der Waals surface area contributed by atoms with Crippen LogP contribution in [0.2, 0.25) is 0 Å². The zero-order chi connectivity index (χ0) is 21.8. The summed E-state index contributed by atoms with van der Waals surface area (Å²) in [5.74, 6) is 2.44. The summed E-state index contributed by atoms with van der Waals surface area (Å²) in [6.07, 6.45) is 4.93. The second kappa shape index (κ2) is 7.16. The van der Waals surface area contributed by atoms with E-state index in [2.05, 4.69) is 17.1 Å². The molecule has 0 saturated heterocycles. The van der Waals surface area contributed by atoms with E-state index in [0.29, 0.717) is 28.8 Å². The lowest BCUT2D eigenvalue weighted by atomic mass is 9.95. The topological polar surface area (TPSA) is 117 Å². The van der Waals surface area contributed by atoms with E-state index < -0.39 is 0 Å². The Morgan fingerprint density at radius 1 is 1.10 bits per heavy atom. The molecule has 1 fully saturated rings. The first-order chi connectivity index (χ1) is 14.8. The second-order valence-corrected chi connectivity index (χ2v) is 8.93. The van der Waals surface area contributed by atoms with Gasteiger partial charge in [-0.25, -0.2) is 9.97 Å². The van der Waals surface area contributed by atoms with E-state index in [4.69, 9.17) is 31.3 Å². The van der Waals surface area contributed by atoms with E-state index in [-0.39, 0.29) is 11.5 Å². The third kappa shape index (κ3) is 3.37. The zero-order valence-electron chi connectivity index (χ0n) is 18.0. The van der Waals surface area contributed by atoms with Crippen LogP contribution < -0.4 is 16.2 Å². The van der Waals surface area contributed by atoms with Gasteiger partial charge < -0.3 is 16.2 Å². The fourth-order valence-electron chi connectivity index (χ4n) is 4.49. The predicted octanol–water partition coefficient (Wildman–Crippen LogP) is 3.51. The summed E-state index contributed by atoms with van der Waals surface area (Å²) in [4.78, 5) is 14.1. The molecular weight excluding hydrogens is 390 g/mol. The van der Waals surface area contributed by atoms with Crippen molar-refractivity contribution in [3.8, 4) is 5.75 Å². The Bertz CT molecular complexity index is 1260. The molecule has 0 spiro atoms. The lowest BCUT2D eigenvalue weighted by molar-refractivity contribution is 0.419. The molecule has 4 aromatic rings. The Kier molecular flexibility index (Phi) is 4.55. The summed E-state index contributed by atoms with van der Waals surface area (Å²) >= 11 is 0. The molecule has 3 aromatic heterocycles. The Labute approximate surface area is 180 Å². The highest BCUT2D eigenvalue weighted by atomic mass is 16.5. The highest BCUT2D eigenvalue weighted by Gasteiger charge is 2.31. The number of aromatic nitrogens is 5. The van der Waals surface area contributed by atoms with E-state index in [1.807, 2.05) is 38.2 Å². The minimum atomic E-state index is -0.385. The highest BCUT2D eigenvalue weighted by Crippen LogP contribution is 2.42. The van der Waals surface area contributed by atoms with Gasteiger partial charge in [0.15, 0.2) is 11.5 Å². The molecule has 31 heavy (non-hydrogen) atoms. The van der Waals surface area contributed by atoms with Crippen molar-refractivity contribution in [2.24, 2.45) is 5.73 Å². The molecule has 1 aromatic carbocycles. The quantitative estimate of drug-likeness (QED) is 0.522. The third-order valence-electron chi connectivity index (χ3n) is 6.27. The fourth-order valence-corrected chi connectivity index (χ4v) is 4.49. The molecule has 4 N–H and O–H groups in total. The van der Waals surface area contributed by atoms with Gasteiger partial charge >= 0.3 is 0 Å². The van der Waals surface area contributed by atoms with E-state index in [0.717, 1.165) is 41.7 Å². The molecule has 0 bridgehead atoms. The predicted molar refractivity (Wildman–Crippen MR) is 120 cm³/mol. The average molecular weight is 418 g/mol. The Hall–Kier alpha value is -3.26. The van der Waals surface area contributed by atoms with Crippen molar-refractivity contribution in [3.63, 3.8) is 0 Å². The normalized spacial score (nSPS) is 19.4. The van der Waals surface area contributed by atoms with Gasteiger partial charge in [-0.15, -0.1) is 5.10 Å². The smallest absolute Gasteiger partial charge is 0.223 e. The number of benzene rings is 1. The van der Waals surface area contributed by atoms with Crippen molar-refractivity contribution in [3.05, 3.63) is 53.6 Å². The first-order valence-corrected chi connectivity index (χ1v) is 10.6. The maximum Gasteiger partial charge on any atom is 0.223 e. The van der Waals surface area contributed by atoms with Crippen LogP contribution in [0, 0.1) is 0 Å². The number of rotatable bonds is 4. The van der Waals surface area contributed by atoms with E-state index in [1.54, 1.807) is 11.6 Å². The van der Waals surface area contributed by atoms with Gasteiger partial charge in [-0.1, -0.05) is 12.1 Å². The Morgan fingerprint density at radius 2 is 1.90 bits per heavy atom. The zero-order valence-corrected chi connectivity index (χ0v) is 18.0. The standard InChI is InChI=1S/C23H27N7O/c1-23(2,25)15-9-10-17(26-12-15)13-7-8-14(11-13)20-28-21-16-5-4-6-18(31-3)19(16)27-22(24)30(21)29-20/h4-6,9-10,12-14H,7-8,11,25H2,1-3H3,(H2,24,27)/t13-,14-/m1/s1. The molecule has 0 radical (unpaired) electrons. The molecule has 1 aliphatic carbocycles. The number of fused-ring (bicyclic) bond motifs is 3. The molecule has 3 heterocycles. The summed E-state index contributed by atoms with van der Waals surface area (Å²) in [5.41, 5.74) is 15.6. The SMILES string of the molecule is COc1cccc2c1nc(N)n1nc([C@@H]3CC[C@@H](c4ccc(C(C)(C)N)cn4)C3)nc21. The summed E-state index contributed by atoms with van der Waals surface area (Å²) < 4.78 is 7.08. The number of hydrogen-bond acceptors (Lipinski definition) is 7. The molecule has 1 saturated carbocycles. The molecule has 8 heteroatoms. The maximum atomic E-state index is 6.20. The van der Waals surface area contributed by atoms with Gasteiger partial charge in [-0.3, -0.25) is 4.98 Å². The molecule has 2 atom stereocenters. The van der Waals surface area contributed by atoms with Crippen LogP contribution in [-0.2, 0) is 5.54 Å². The molecular formula is C23H27N7O. The van der Waals surface area contributed by atoms with Gasteiger partial charge in [0.1, 0.15) is 11.3 Å². The van der Waals surface area contributed by atoms with Crippen LogP contribution in [0.4, 0.5) is 5.95 Å². The molecule has 0 unspecified atom stereocenters. The summed E-state index contributed by atoms with van der Waals surface area (Å²) in [6.45, 7) is 3.98. The lowest BCUT2D eigenvalue weighted by Crippen LogP contribution is -2.28. The minimum absolute atomic E-state index is 0.261. The molecule has 5 rings (SSSR count). The number of para-hydroxylation sites is 1. The van der Waals surface area contributed by atoms with Gasteiger partial charge in [0.2, 0.25) is 5.95 Å². The highest BCUT2D eigenvalue weighted by molar-refractivity contribution is 5.95. The minimum Gasteiger partial charge on any atom is -0.494 e. The van der Waals surface area contributed by atoms with Crippen molar-refractivity contribution in [2.75, 3.05) is 12.8 Å². The number of nitrogens with zero attached hydrogens (tertiary/aromatic N) is 5. The van der Waals surface area contributed by atoms with Crippen LogP contribution in [0.3, 0.4) is 0 Å². The maximum absolute atomic E-state index is 6.20. The van der Waals surface area contributed by atoms with Crippen molar-refractivity contribution in [1.29, 1.82) is 0 Å². The lowest BCUT2D eigenvalue weighted by Gasteiger charge is -2.19. The molecule has 1 aliphatic rings. The van der Waals surface area contributed by atoms with Gasteiger partial charge in [-0.2, -0.15) is 4.52 Å². The fraction of sp³-hybridized carbons (Fsp3) is 0.391. The molecule has 160 valence electrons. The first kappa shape index (κ1) is 19.7. The van der Waals surface area contributed by atoms with Crippen LogP contribution in [0.25, 0.3) is 16.6 Å². The van der Waals surface area contributed by atoms with Crippen molar-refractivity contribution < 1.29 is 4.74 Å². The van der Waals surface area contributed by atoms with Gasteiger partial charge in [0.05, 0.1) is 7.11 Å². The van der Waals surface area contributed by atoms with Crippen molar-refractivity contribution in [2.45, 2.75) is 50.5 Å². The van der Waals surface area contributed by atoms with Crippen LogP contribution in [0.15, 0.2) is 36.5 Å². The van der Waals surface area contributed by atoms with Crippen molar-refractivity contribution in [1.82, 2.24) is 24.6 Å². The van der Waals surface area contributed by atoms with Crippen LogP contribution in [-0.4, -0.2) is 31.7 Å². The van der Waals surface area contributed by atoms with Crippen LogP contribution >= 0.6 is 0 Å². The summed E-state index contributed by atoms with van der Waals surface area (Å²) in [5, 5.41) is 5.59. The number of nitrogens with two attached hydrogens (primary N) is 2. The number of hydrogen-bond donors (Lipinski definition) is 2. The van der Waals surface area contributed by atoms with Crippen molar-refractivity contribution >= 4 is 22.5 Å². The monoisotopic (exact) mass is 417 g/mol. The Balaban J connectivity index is 1.45. The third-order valence-corrected chi connectivity index (χ3v) is 6.27. The van der Waals surface area contributed by atoms with E-state index >= 15 is 0 Å². The first-order valence-electron chi connectivity index (χ1n) is 10.6. The molecule has 8 nitrogen and oxygen atoms in total. The number of pyridine rings is 1. The largest absolute Gasteiger partial charge is 0.494 e. The second-order valence-electron chi connectivity index (χ2n) is 8.93. The average Bonchev–Trinajstić information content (AvgIpc) is 3.41. The molecule has 0 amide bonds. The van der Waals surface area contributed by atoms with E-state index in [1.165, 1.54) is 0 Å². The number of ether oxygens (including phenoxy) is 1. The molecule has 0 aliphatic heterocycles. The van der Waals surface area contributed by atoms with E-state index in [9.17, 15) is 0 Å². The van der Waals surface area contributed by atoms with Crippen LogP contribution in [0.5, 0.6) is 5.75 Å².